The predicted molar refractivity (Wildman–Crippen MR) is 68.4 cm³/mol. The number of halogens is 1. The Kier molecular flexibility index (Phi) is 4.77. The molecule has 0 heterocycles. The highest BCUT2D eigenvalue weighted by Gasteiger charge is 2.12. The van der Waals surface area contributed by atoms with E-state index in [0.717, 1.165) is 15.8 Å². The normalized spacial score (nSPS) is 11.6. The monoisotopic (exact) mass is 287 g/mol. The molecular weight excluding hydrogens is 270 g/mol. The molecule has 0 aliphatic heterocycles. The molecule has 1 rings (SSSR count). The Bertz CT molecular complexity index is 347. The lowest BCUT2D eigenvalue weighted by molar-refractivity contribution is 0.0552. The zero-order chi connectivity index (χ0) is 12.2. The molecule has 0 radical (unpaired) electrons. The van der Waals surface area contributed by atoms with Gasteiger partial charge in [0.05, 0.1) is 12.2 Å². The standard InChI is InChI=1S/C12H18BrNO2/c1-12(2,15)5-6-16-11-4-3-10(13)7-9(11)8-14/h3-4,7,15H,5-6,8,14H2,1-2H3. The first-order chi connectivity index (χ1) is 7.42. The van der Waals surface area contributed by atoms with Crippen molar-refractivity contribution in [2.45, 2.75) is 32.4 Å². The van der Waals surface area contributed by atoms with Crippen LogP contribution in [0.5, 0.6) is 5.75 Å². The van der Waals surface area contributed by atoms with Gasteiger partial charge in [0.25, 0.3) is 0 Å². The molecule has 0 saturated carbocycles. The first-order valence-electron chi connectivity index (χ1n) is 5.26. The number of nitrogens with two attached hydrogens (primary N) is 1. The summed E-state index contributed by atoms with van der Waals surface area (Å²) < 4.78 is 6.59. The Morgan fingerprint density at radius 2 is 2.12 bits per heavy atom. The topological polar surface area (TPSA) is 55.5 Å². The molecule has 1 aromatic carbocycles. The second-order valence-corrected chi connectivity index (χ2v) is 5.28. The third-order valence-corrected chi connectivity index (χ3v) is 2.71. The quantitative estimate of drug-likeness (QED) is 0.875. The number of ether oxygens (including phenoxy) is 1. The van der Waals surface area contributed by atoms with E-state index in [0.29, 0.717) is 19.6 Å². The van der Waals surface area contributed by atoms with Crippen LogP contribution in [0.2, 0.25) is 0 Å². The van der Waals surface area contributed by atoms with Crippen molar-refractivity contribution in [3.8, 4) is 5.75 Å². The summed E-state index contributed by atoms with van der Waals surface area (Å²) in [4.78, 5) is 0. The molecule has 0 aliphatic rings. The molecule has 0 fully saturated rings. The fourth-order valence-electron chi connectivity index (χ4n) is 1.26. The van der Waals surface area contributed by atoms with Crippen LogP contribution in [-0.2, 0) is 6.54 Å². The SMILES string of the molecule is CC(C)(O)CCOc1ccc(Br)cc1CN. The highest BCUT2D eigenvalue weighted by Crippen LogP contribution is 2.23. The van der Waals surface area contributed by atoms with E-state index in [9.17, 15) is 5.11 Å². The van der Waals surface area contributed by atoms with Gasteiger partial charge in [-0.3, -0.25) is 0 Å². The van der Waals surface area contributed by atoms with Gasteiger partial charge in [0.15, 0.2) is 0 Å². The maximum absolute atomic E-state index is 9.55. The molecular formula is C12H18BrNO2. The molecule has 0 amide bonds. The molecule has 1 aromatic rings. The van der Waals surface area contributed by atoms with Crippen LogP contribution in [-0.4, -0.2) is 17.3 Å². The minimum Gasteiger partial charge on any atom is -0.493 e. The molecule has 3 N–H and O–H groups in total. The zero-order valence-electron chi connectivity index (χ0n) is 9.66. The number of aliphatic hydroxyl groups is 1. The largest absolute Gasteiger partial charge is 0.493 e. The molecule has 16 heavy (non-hydrogen) atoms. The molecule has 90 valence electrons. The maximum Gasteiger partial charge on any atom is 0.123 e. The van der Waals surface area contributed by atoms with Crippen LogP contribution in [0.15, 0.2) is 22.7 Å². The summed E-state index contributed by atoms with van der Waals surface area (Å²) in [5, 5.41) is 9.55. The van der Waals surface area contributed by atoms with Crippen LogP contribution in [0.3, 0.4) is 0 Å². The summed E-state index contributed by atoms with van der Waals surface area (Å²) in [6.45, 7) is 4.46. The number of benzene rings is 1. The molecule has 0 unspecified atom stereocenters. The van der Waals surface area contributed by atoms with Crippen molar-refractivity contribution in [2.24, 2.45) is 5.73 Å². The Morgan fingerprint density at radius 3 is 2.69 bits per heavy atom. The first kappa shape index (κ1) is 13.5. The molecule has 0 spiro atoms. The Balaban J connectivity index is 2.60. The highest BCUT2D eigenvalue weighted by atomic mass is 79.9. The van der Waals surface area contributed by atoms with Gasteiger partial charge >= 0.3 is 0 Å². The van der Waals surface area contributed by atoms with Gasteiger partial charge in [0.2, 0.25) is 0 Å². The lowest BCUT2D eigenvalue weighted by Gasteiger charge is -2.18. The summed E-state index contributed by atoms with van der Waals surface area (Å²) in [7, 11) is 0. The Morgan fingerprint density at radius 1 is 1.44 bits per heavy atom. The number of rotatable bonds is 5. The summed E-state index contributed by atoms with van der Waals surface area (Å²) in [6, 6.07) is 5.74. The lowest BCUT2D eigenvalue weighted by Crippen LogP contribution is -2.22. The molecule has 0 saturated heterocycles. The summed E-state index contributed by atoms with van der Waals surface area (Å²) >= 11 is 3.39. The molecule has 0 bridgehead atoms. The van der Waals surface area contributed by atoms with Crippen LogP contribution < -0.4 is 10.5 Å². The Labute approximate surface area is 105 Å². The van der Waals surface area contributed by atoms with Crippen molar-refractivity contribution in [1.82, 2.24) is 0 Å². The van der Waals surface area contributed by atoms with E-state index in [4.69, 9.17) is 10.5 Å². The van der Waals surface area contributed by atoms with Gasteiger partial charge in [-0.25, -0.2) is 0 Å². The van der Waals surface area contributed by atoms with Gasteiger partial charge in [0, 0.05) is 23.0 Å². The van der Waals surface area contributed by atoms with Crippen LogP contribution in [0.25, 0.3) is 0 Å². The third kappa shape index (κ3) is 4.51. The van der Waals surface area contributed by atoms with E-state index < -0.39 is 5.60 Å². The highest BCUT2D eigenvalue weighted by molar-refractivity contribution is 9.10. The summed E-state index contributed by atoms with van der Waals surface area (Å²) in [5.41, 5.74) is 5.89. The second kappa shape index (κ2) is 5.66. The van der Waals surface area contributed by atoms with Crippen LogP contribution in [0.1, 0.15) is 25.8 Å². The smallest absolute Gasteiger partial charge is 0.123 e. The number of hydrogen-bond donors (Lipinski definition) is 2. The molecule has 4 heteroatoms. The van der Waals surface area contributed by atoms with Crippen molar-refractivity contribution in [3.05, 3.63) is 28.2 Å². The minimum atomic E-state index is -0.696. The van der Waals surface area contributed by atoms with Gasteiger partial charge in [-0.05, 0) is 32.0 Å². The van der Waals surface area contributed by atoms with E-state index >= 15 is 0 Å². The van der Waals surface area contributed by atoms with Gasteiger partial charge in [-0.15, -0.1) is 0 Å². The minimum absolute atomic E-state index is 0.442. The van der Waals surface area contributed by atoms with Crippen molar-refractivity contribution < 1.29 is 9.84 Å². The maximum atomic E-state index is 9.55. The van der Waals surface area contributed by atoms with Crippen LogP contribution in [0.4, 0.5) is 0 Å². The average Bonchev–Trinajstić information content (AvgIpc) is 2.18. The third-order valence-electron chi connectivity index (χ3n) is 2.21. The lowest BCUT2D eigenvalue weighted by atomic mass is 10.1. The average molecular weight is 288 g/mol. The second-order valence-electron chi connectivity index (χ2n) is 4.37. The van der Waals surface area contributed by atoms with Gasteiger partial charge in [-0.1, -0.05) is 15.9 Å². The van der Waals surface area contributed by atoms with Crippen LogP contribution in [0, 0.1) is 0 Å². The molecule has 3 nitrogen and oxygen atoms in total. The summed E-state index contributed by atoms with van der Waals surface area (Å²) in [5.74, 6) is 0.787. The zero-order valence-corrected chi connectivity index (χ0v) is 11.3. The molecule has 0 aromatic heterocycles. The fourth-order valence-corrected chi connectivity index (χ4v) is 1.67. The van der Waals surface area contributed by atoms with Crippen LogP contribution >= 0.6 is 15.9 Å². The Hall–Kier alpha value is -0.580. The summed E-state index contributed by atoms with van der Waals surface area (Å²) in [6.07, 6.45) is 0.590. The van der Waals surface area contributed by atoms with Gasteiger partial charge < -0.3 is 15.6 Å². The van der Waals surface area contributed by atoms with Gasteiger partial charge in [0.1, 0.15) is 5.75 Å². The predicted octanol–water partition coefficient (Wildman–Crippen LogP) is 2.45. The fraction of sp³-hybridized carbons (Fsp3) is 0.500. The van der Waals surface area contributed by atoms with E-state index in [1.807, 2.05) is 18.2 Å². The van der Waals surface area contributed by atoms with Gasteiger partial charge in [-0.2, -0.15) is 0 Å². The molecule has 0 aliphatic carbocycles. The molecule has 0 atom stereocenters. The first-order valence-corrected chi connectivity index (χ1v) is 6.05. The van der Waals surface area contributed by atoms with Crippen molar-refractivity contribution in [3.63, 3.8) is 0 Å². The van der Waals surface area contributed by atoms with Crippen molar-refractivity contribution in [2.75, 3.05) is 6.61 Å². The van der Waals surface area contributed by atoms with E-state index in [1.54, 1.807) is 13.8 Å². The van der Waals surface area contributed by atoms with E-state index in [-0.39, 0.29) is 0 Å². The number of hydrogen-bond acceptors (Lipinski definition) is 3. The van der Waals surface area contributed by atoms with E-state index in [2.05, 4.69) is 15.9 Å². The van der Waals surface area contributed by atoms with E-state index in [1.165, 1.54) is 0 Å². The van der Waals surface area contributed by atoms with Crippen molar-refractivity contribution >= 4 is 15.9 Å². The van der Waals surface area contributed by atoms with Crippen molar-refractivity contribution in [1.29, 1.82) is 0 Å².